The topological polar surface area (TPSA) is 98.4 Å². The van der Waals surface area contributed by atoms with Crippen molar-refractivity contribution in [1.29, 1.82) is 5.26 Å². The van der Waals surface area contributed by atoms with Crippen LogP contribution in [0.2, 0.25) is 0 Å². The van der Waals surface area contributed by atoms with Gasteiger partial charge in [-0.3, -0.25) is 9.59 Å². The summed E-state index contributed by atoms with van der Waals surface area (Å²) in [6, 6.07) is 1.57. The summed E-state index contributed by atoms with van der Waals surface area (Å²) >= 11 is 0. The second-order valence-electron chi connectivity index (χ2n) is 2.82. The second-order valence-corrected chi connectivity index (χ2v) is 2.82. The first-order valence-corrected chi connectivity index (χ1v) is 3.85. The largest absolute Gasteiger partial charge is 0.481 e. The van der Waals surface area contributed by atoms with Crippen molar-refractivity contribution in [1.82, 2.24) is 0 Å². The highest BCUT2D eigenvalue weighted by molar-refractivity contribution is 5.84. The Balaban J connectivity index is 4.78. The first kappa shape index (κ1) is 11.4. The molecule has 0 spiro atoms. The lowest BCUT2D eigenvalue weighted by Gasteiger charge is -2.18. The average molecular weight is 185 g/mol. The molecule has 0 heterocycles. The number of hydrogen-bond acceptors (Lipinski definition) is 3. The summed E-state index contributed by atoms with van der Waals surface area (Å²) in [5, 5.41) is 25.8. The molecule has 1 unspecified atom stereocenters. The molecule has 0 aliphatic carbocycles. The van der Waals surface area contributed by atoms with Crippen LogP contribution in [0.4, 0.5) is 0 Å². The lowest BCUT2D eigenvalue weighted by atomic mass is 9.82. The Morgan fingerprint density at radius 3 is 2.23 bits per heavy atom. The third kappa shape index (κ3) is 2.75. The second kappa shape index (κ2) is 4.45. The van der Waals surface area contributed by atoms with Crippen LogP contribution in [0.3, 0.4) is 0 Å². The first-order valence-electron chi connectivity index (χ1n) is 3.85. The maximum atomic E-state index is 10.7. The number of rotatable bonds is 5. The van der Waals surface area contributed by atoms with Gasteiger partial charge in [0.05, 0.1) is 12.5 Å². The molecule has 0 amide bonds. The van der Waals surface area contributed by atoms with Gasteiger partial charge in [0.2, 0.25) is 0 Å². The molecule has 0 saturated heterocycles. The number of aliphatic carboxylic acids is 2. The molecular formula is C8H11NO4. The van der Waals surface area contributed by atoms with E-state index < -0.39 is 23.8 Å². The van der Waals surface area contributed by atoms with Crippen LogP contribution in [0.5, 0.6) is 0 Å². The van der Waals surface area contributed by atoms with Crippen molar-refractivity contribution in [3.63, 3.8) is 0 Å². The zero-order valence-corrected chi connectivity index (χ0v) is 7.28. The van der Waals surface area contributed by atoms with Crippen molar-refractivity contribution < 1.29 is 19.8 Å². The van der Waals surface area contributed by atoms with Gasteiger partial charge in [0.15, 0.2) is 5.41 Å². The molecule has 0 saturated carbocycles. The monoisotopic (exact) mass is 185 g/mol. The van der Waals surface area contributed by atoms with Crippen molar-refractivity contribution in [3.05, 3.63) is 0 Å². The van der Waals surface area contributed by atoms with Crippen LogP contribution in [0.1, 0.15) is 26.2 Å². The Bertz CT molecular complexity index is 255. The summed E-state index contributed by atoms with van der Waals surface area (Å²) in [6.07, 6.45) is -0.120. The number of hydrogen-bond donors (Lipinski definition) is 2. The minimum Gasteiger partial charge on any atom is -0.481 e. The summed E-state index contributed by atoms with van der Waals surface area (Å²) in [4.78, 5) is 21.0. The van der Waals surface area contributed by atoms with Crippen LogP contribution in [0, 0.1) is 16.7 Å². The molecule has 0 aromatic heterocycles. The maximum absolute atomic E-state index is 10.7. The minimum atomic E-state index is -1.76. The lowest BCUT2D eigenvalue weighted by Crippen LogP contribution is -2.31. The number of nitriles is 1. The third-order valence-corrected chi connectivity index (χ3v) is 1.75. The van der Waals surface area contributed by atoms with Crippen LogP contribution in [-0.2, 0) is 9.59 Å². The van der Waals surface area contributed by atoms with Crippen LogP contribution in [0.15, 0.2) is 0 Å². The molecule has 0 aromatic rings. The van der Waals surface area contributed by atoms with Crippen LogP contribution >= 0.6 is 0 Å². The molecule has 1 atom stereocenters. The fourth-order valence-electron chi connectivity index (χ4n) is 1.10. The van der Waals surface area contributed by atoms with Gasteiger partial charge >= 0.3 is 11.9 Å². The van der Waals surface area contributed by atoms with E-state index in [-0.39, 0.29) is 6.42 Å². The molecule has 0 bridgehead atoms. The smallest absolute Gasteiger partial charge is 0.324 e. The van der Waals surface area contributed by atoms with Gasteiger partial charge in [0.25, 0.3) is 0 Å². The molecule has 0 fully saturated rings. The van der Waals surface area contributed by atoms with E-state index in [1.165, 1.54) is 0 Å². The summed E-state index contributed by atoms with van der Waals surface area (Å²) in [5.41, 5.74) is -1.76. The maximum Gasteiger partial charge on any atom is 0.324 e. The van der Waals surface area contributed by atoms with E-state index in [0.29, 0.717) is 6.42 Å². The minimum absolute atomic E-state index is 0.0606. The van der Waals surface area contributed by atoms with E-state index in [1.807, 2.05) is 0 Å². The predicted molar refractivity (Wildman–Crippen MR) is 42.8 cm³/mol. The summed E-state index contributed by atoms with van der Waals surface area (Å²) < 4.78 is 0. The van der Waals surface area contributed by atoms with E-state index in [9.17, 15) is 9.59 Å². The molecule has 0 rings (SSSR count). The number of carbonyl (C=O) groups is 2. The molecule has 5 nitrogen and oxygen atoms in total. The molecule has 0 aromatic carbocycles. The Morgan fingerprint density at radius 2 is 2.00 bits per heavy atom. The first-order chi connectivity index (χ1) is 5.98. The predicted octanol–water partition coefficient (Wildman–Crippen LogP) is 0.856. The van der Waals surface area contributed by atoms with E-state index in [2.05, 4.69) is 0 Å². The van der Waals surface area contributed by atoms with Gasteiger partial charge in [0, 0.05) is 0 Å². The highest BCUT2D eigenvalue weighted by Gasteiger charge is 2.40. The summed E-state index contributed by atoms with van der Waals surface area (Å²) in [5.74, 6) is -2.63. The van der Waals surface area contributed by atoms with Crippen molar-refractivity contribution in [2.24, 2.45) is 5.41 Å². The fourth-order valence-corrected chi connectivity index (χ4v) is 1.10. The van der Waals surface area contributed by atoms with E-state index >= 15 is 0 Å². The fraction of sp³-hybridized carbons (Fsp3) is 0.625. The van der Waals surface area contributed by atoms with Gasteiger partial charge in [-0.1, -0.05) is 13.3 Å². The summed E-state index contributed by atoms with van der Waals surface area (Å²) in [7, 11) is 0. The molecule has 2 N–H and O–H groups in total. The Morgan fingerprint density at radius 1 is 1.46 bits per heavy atom. The lowest BCUT2D eigenvalue weighted by molar-refractivity contribution is -0.152. The Kier molecular flexibility index (Phi) is 3.92. The number of nitrogens with zero attached hydrogens (tertiary/aromatic N) is 1. The molecule has 0 aliphatic heterocycles. The Hall–Kier alpha value is -1.57. The molecule has 5 heteroatoms. The highest BCUT2D eigenvalue weighted by atomic mass is 16.4. The molecule has 0 aliphatic rings. The third-order valence-electron chi connectivity index (χ3n) is 1.75. The molecule has 13 heavy (non-hydrogen) atoms. The zero-order chi connectivity index (χ0) is 10.5. The van der Waals surface area contributed by atoms with E-state index in [4.69, 9.17) is 15.5 Å². The average Bonchev–Trinajstić information content (AvgIpc) is 2.02. The van der Waals surface area contributed by atoms with Gasteiger partial charge in [-0.2, -0.15) is 5.26 Å². The van der Waals surface area contributed by atoms with Crippen molar-refractivity contribution in [3.8, 4) is 6.07 Å². The van der Waals surface area contributed by atoms with Crippen LogP contribution in [0.25, 0.3) is 0 Å². The van der Waals surface area contributed by atoms with Gasteiger partial charge in [-0.05, 0) is 6.42 Å². The molecular weight excluding hydrogens is 174 g/mol. The van der Waals surface area contributed by atoms with Crippen LogP contribution < -0.4 is 0 Å². The SMILES string of the molecule is CCCC(C#N)(CC(=O)O)C(=O)O. The van der Waals surface area contributed by atoms with Crippen LogP contribution in [-0.4, -0.2) is 22.2 Å². The zero-order valence-electron chi connectivity index (χ0n) is 7.28. The number of carboxylic acid groups (broad SMARTS) is 2. The molecule has 72 valence electrons. The van der Waals surface area contributed by atoms with Gasteiger partial charge in [-0.15, -0.1) is 0 Å². The van der Waals surface area contributed by atoms with Gasteiger partial charge in [0.1, 0.15) is 0 Å². The van der Waals surface area contributed by atoms with Gasteiger partial charge < -0.3 is 10.2 Å². The van der Waals surface area contributed by atoms with E-state index in [1.54, 1.807) is 13.0 Å². The molecule has 0 radical (unpaired) electrons. The van der Waals surface area contributed by atoms with Crippen molar-refractivity contribution in [2.75, 3.05) is 0 Å². The van der Waals surface area contributed by atoms with Crippen molar-refractivity contribution in [2.45, 2.75) is 26.2 Å². The Labute approximate surface area is 75.6 Å². The number of carboxylic acids is 2. The highest BCUT2D eigenvalue weighted by Crippen LogP contribution is 2.27. The normalized spacial score (nSPS) is 14.2. The quantitative estimate of drug-likeness (QED) is 0.661. The summed E-state index contributed by atoms with van der Waals surface area (Å²) in [6.45, 7) is 1.71. The van der Waals surface area contributed by atoms with E-state index in [0.717, 1.165) is 0 Å². The van der Waals surface area contributed by atoms with Gasteiger partial charge in [-0.25, -0.2) is 0 Å². The van der Waals surface area contributed by atoms with Crippen molar-refractivity contribution >= 4 is 11.9 Å². The standard InChI is InChI=1S/C8H11NO4/c1-2-3-8(5-9,7(12)13)4-6(10)11/h2-4H2,1H3,(H,10,11)(H,12,13).